The zero-order chi connectivity index (χ0) is 13.4. The topological polar surface area (TPSA) is 87.1 Å². The molecular formula is C12H15FN2O2. The van der Waals surface area contributed by atoms with E-state index < -0.39 is 12.0 Å². The van der Waals surface area contributed by atoms with Crippen LogP contribution in [-0.2, 0) is 4.79 Å². The fraction of sp³-hybridized carbons (Fsp3) is 0.333. The summed E-state index contributed by atoms with van der Waals surface area (Å²) in [5.41, 5.74) is 5.64. The molecule has 0 heterocycles. The summed E-state index contributed by atoms with van der Waals surface area (Å²) >= 11 is 0. The Bertz CT molecular complexity index is 396. The van der Waals surface area contributed by atoms with Crippen LogP contribution in [0.5, 0.6) is 0 Å². The highest BCUT2D eigenvalue weighted by Crippen LogP contribution is 1.99. The summed E-state index contributed by atoms with van der Waals surface area (Å²) in [5.74, 6) is -1.22. The largest absolute Gasteiger partial charge is 0.480 e. The van der Waals surface area contributed by atoms with E-state index in [4.69, 9.17) is 16.1 Å². The standard InChI is InChI=1S/C7H4FN.C5H11NO2/c8-7-3-1-6(5-9)2-4-7;1-3(2)4(6)5(7)8/h1-4H;3-4H,6H2,1-2H3,(H,7,8)/t;4-/m.0/s1. The van der Waals surface area contributed by atoms with Gasteiger partial charge in [-0.1, -0.05) is 13.8 Å². The fourth-order valence-corrected chi connectivity index (χ4v) is 0.810. The molecule has 92 valence electrons. The van der Waals surface area contributed by atoms with Crippen LogP contribution in [0.4, 0.5) is 4.39 Å². The van der Waals surface area contributed by atoms with Crippen LogP contribution >= 0.6 is 0 Å². The Balaban J connectivity index is 0.000000304. The maximum Gasteiger partial charge on any atom is 0.320 e. The average Bonchev–Trinajstić information content (AvgIpc) is 2.29. The molecule has 0 radical (unpaired) electrons. The van der Waals surface area contributed by atoms with Crippen molar-refractivity contribution in [1.29, 1.82) is 5.26 Å². The summed E-state index contributed by atoms with van der Waals surface area (Å²) in [6.07, 6.45) is 0. The van der Waals surface area contributed by atoms with Gasteiger partial charge in [0.2, 0.25) is 0 Å². The quantitative estimate of drug-likeness (QED) is 0.821. The SMILES string of the molecule is CC(C)[C@H](N)C(=O)O.N#Cc1ccc(F)cc1. The number of nitrogens with two attached hydrogens (primary N) is 1. The second-order valence-electron chi connectivity index (χ2n) is 3.73. The van der Waals surface area contributed by atoms with Crippen molar-refractivity contribution in [3.8, 4) is 6.07 Å². The fourth-order valence-electron chi connectivity index (χ4n) is 0.810. The maximum absolute atomic E-state index is 12.1. The van der Waals surface area contributed by atoms with E-state index in [2.05, 4.69) is 0 Å². The van der Waals surface area contributed by atoms with Crippen LogP contribution in [0.1, 0.15) is 19.4 Å². The van der Waals surface area contributed by atoms with Crippen LogP contribution in [0.2, 0.25) is 0 Å². The molecule has 0 bridgehead atoms. The number of carboxylic acids is 1. The van der Waals surface area contributed by atoms with Gasteiger partial charge in [0.25, 0.3) is 0 Å². The molecule has 0 unspecified atom stereocenters. The second-order valence-corrected chi connectivity index (χ2v) is 3.73. The molecule has 3 N–H and O–H groups in total. The Hall–Kier alpha value is -1.93. The molecule has 1 aromatic rings. The van der Waals surface area contributed by atoms with Gasteiger partial charge in [-0.05, 0) is 30.2 Å². The molecule has 1 aromatic carbocycles. The first-order valence-electron chi connectivity index (χ1n) is 5.02. The minimum Gasteiger partial charge on any atom is -0.480 e. The molecule has 0 amide bonds. The van der Waals surface area contributed by atoms with Gasteiger partial charge in [0.05, 0.1) is 11.6 Å². The highest BCUT2D eigenvalue weighted by atomic mass is 19.1. The van der Waals surface area contributed by atoms with E-state index in [1.807, 2.05) is 6.07 Å². The van der Waals surface area contributed by atoms with Crippen LogP contribution in [-0.4, -0.2) is 17.1 Å². The van der Waals surface area contributed by atoms with E-state index in [1.165, 1.54) is 24.3 Å². The van der Waals surface area contributed by atoms with Gasteiger partial charge in [0, 0.05) is 0 Å². The van der Waals surface area contributed by atoms with Crippen LogP contribution in [0.3, 0.4) is 0 Å². The molecular weight excluding hydrogens is 223 g/mol. The van der Waals surface area contributed by atoms with E-state index in [0.717, 1.165) is 0 Å². The summed E-state index contributed by atoms with van der Waals surface area (Å²) in [5, 5.41) is 16.5. The normalized spacial score (nSPS) is 11.1. The molecule has 0 aliphatic rings. The molecule has 5 heteroatoms. The van der Waals surface area contributed by atoms with Crippen molar-refractivity contribution < 1.29 is 14.3 Å². The second kappa shape index (κ2) is 7.36. The number of carboxylic acid groups (broad SMARTS) is 1. The zero-order valence-electron chi connectivity index (χ0n) is 9.72. The summed E-state index contributed by atoms with van der Waals surface area (Å²) in [7, 11) is 0. The van der Waals surface area contributed by atoms with Crippen molar-refractivity contribution in [2.75, 3.05) is 0 Å². The summed E-state index contributed by atoms with van der Waals surface area (Å²) in [4.78, 5) is 10.0. The van der Waals surface area contributed by atoms with Crippen molar-refractivity contribution in [3.63, 3.8) is 0 Å². The third kappa shape index (κ3) is 6.28. The number of nitrogens with zero attached hydrogens (tertiary/aromatic N) is 1. The molecule has 0 saturated carbocycles. The molecule has 0 aliphatic carbocycles. The lowest BCUT2D eigenvalue weighted by atomic mass is 10.1. The number of hydrogen-bond acceptors (Lipinski definition) is 3. The predicted octanol–water partition coefficient (Wildman–Crippen LogP) is 1.75. The molecule has 0 aromatic heterocycles. The van der Waals surface area contributed by atoms with Gasteiger partial charge in [-0.3, -0.25) is 4.79 Å². The lowest BCUT2D eigenvalue weighted by Crippen LogP contribution is -2.34. The Morgan fingerprint density at radius 1 is 1.41 bits per heavy atom. The van der Waals surface area contributed by atoms with Crippen LogP contribution < -0.4 is 5.73 Å². The van der Waals surface area contributed by atoms with Crippen LogP contribution in [0.25, 0.3) is 0 Å². The Morgan fingerprint density at radius 3 is 2.12 bits per heavy atom. The highest BCUT2D eigenvalue weighted by molar-refractivity contribution is 5.73. The Morgan fingerprint density at radius 2 is 1.88 bits per heavy atom. The van der Waals surface area contributed by atoms with E-state index >= 15 is 0 Å². The molecule has 0 spiro atoms. The average molecular weight is 238 g/mol. The van der Waals surface area contributed by atoms with Crippen LogP contribution in [0.15, 0.2) is 24.3 Å². The van der Waals surface area contributed by atoms with E-state index in [-0.39, 0.29) is 11.7 Å². The first-order chi connectivity index (χ1) is 7.88. The Kier molecular flexibility index (Phi) is 6.53. The summed E-state index contributed by atoms with van der Waals surface area (Å²) in [6, 6.07) is 6.58. The molecule has 1 atom stereocenters. The van der Waals surface area contributed by atoms with E-state index in [0.29, 0.717) is 5.56 Å². The van der Waals surface area contributed by atoms with Crippen LogP contribution in [0, 0.1) is 23.1 Å². The smallest absolute Gasteiger partial charge is 0.320 e. The number of nitriles is 1. The summed E-state index contributed by atoms with van der Waals surface area (Å²) < 4.78 is 12.1. The first kappa shape index (κ1) is 15.1. The third-order valence-corrected chi connectivity index (χ3v) is 1.98. The maximum atomic E-state index is 12.1. The van der Waals surface area contributed by atoms with E-state index in [9.17, 15) is 9.18 Å². The lowest BCUT2D eigenvalue weighted by molar-refractivity contribution is -0.139. The molecule has 0 aliphatic heterocycles. The number of aliphatic carboxylic acids is 1. The Labute approximate surface area is 99.5 Å². The number of rotatable bonds is 2. The number of hydrogen-bond donors (Lipinski definition) is 2. The number of benzene rings is 1. The van der Waals surface area contributed by atoms with Crippen molar-refractivity contribution in [1.82, 2.24) is 0 Å². The molecule has 0 fully saturated rings. The van der Waals surface area contributed by atoms with Gasteiger partial charge < -0.3 is 10.8 Å². The molecule has 17 heavy (non-hydrogen) atoms. The van der Waals surface area contributed by atoms with Gasteiger partial charge in [-0.25, -0.2) is 4.39 Å². The zero-order valence-corrected chi connectivity index (χ0v) is 9.72. The number of carbonyl (C=O) groups is 1. The van der Waals surface area contributed by atoms with Gasteiger partial charge in [0.15, 0.2) is 0 Å². The summed E-state index contributed by atoms with van der Waals surface area (Å²) in [6.45, 7) is 3.55. The molecule has 4 nitrogen and oxygen atoms in total. The number of halogens is 1. The van der Waals surface area contributed by atoms with Crippen molar-refractivity contribution in [2.24, 2.45) is 11.7 Å². The first-order valence-corrected chi connectivity index (χ1v) is 5.02. The highest BCUT2D eigenvalue weighted by Gasteiger charge is 2.14. The van der Waals surface area contributed by atoms with Gasteiger partial charge >= 0.3 is 5.97 Å². The third-order valence-electron chi connectivity index (χ3n) is 1.98. The van der Waals surface area contributed by atoms with Crippen molar-refractivity contribution in [3.05, 3.63) is 35.6 Å². The van der Waals surface area contributed by atoms with Gasteiger partial charge in [-0.2, -0.15) is 5.26 Å². The minimum absolute atomic E-state index is 0.0208. The van der Waals surface area contributed by atoms with Gasteiger partial charge in [0.1, 0.15) is 11.9 Å². The lowest BCUT2D eigenvalue weighted by Gasteiger charge is -2.07. The van der Waals surface area contributed by atoms with Crippen molar-refractivity contribution >= 4 is 5.97 Å². The molecule has 0 saturated heterocycles. The minimum atomic E-state index is -0.931. The monoisotopic (exact) mass is 238 g/mol. The van der Waals surface area contributed by atoms with E-state index in [1.54, 1.807) is 13.8 Å². The molecule has 1 rings (SSSR count). The van der Waals surface area contributed by atoms with Crippen molar-refractivity contribution in [2.45, 2.75) is 19.9 Å². The van der Waals surface area contributed by atoms with Gasteiger partial charge in [-0.15, -0.1) is 0 Å². The predicted molar refractivity (Wildman–Crippen MR) is 61.6 cm³/mol.